The number of phenols is 1. The summed E-state index contributed by atoms with van der Waals surface area (Å²) in [7, 11) is 3.68. The summed E-state index contributed by atoms with van der Waals surface area (Å²) < 4.78 is 38.4. The summed E-state index contributed by atoms with van der Waals surface area (Å²) in [5.41, 5.74) is -0.759. The van der Waals surface area contributed by atoms with E-state index in [-0.39, 0.29) is 56.3 Å². The van der Waals surface area contributed by atoms with Gasteiger partial charge in [-0.25, -0.2) is 8.78 Å². The maximum Gasteiger partial charge on any atom is 0.319 e. The Kier molecular flexibility index (Phi) is 8.65. The Balaban J connectivity index is 1.38. The number of benzene rings is 2. The van der Waals surface area contributed by atoms with E-state index in [2.05, 4.69) is 41.2 Å². The number of fused-ring (bicyclic) bond motifs is 3. The van der Waals surface area contributed by atoms with E-state index in [1.807, 2.05) is 11.9 Å². The SMILES string of the molecule is C#Cc1c(F)ccc2cc(O)cc(-c3ncc4c(N(C)CC5(N(C)C(=O)C=C)CCC(C)(C)C5)nc(OCC56CCCN5CCC6)nc4c3F)c12. The predicted molar refractivity (Wildman–Crippen MR) is 195 cm³/mol. The number of carbonyl (C=O) groups excluding carboxylic acids is 1. The van der Waals surface area contributed by atoms with Gasteiger partial charge in [0.2, 0.25) is 5.91 Å². The summed E-state index contributed by atoms with van der Waals surface area (Å²) in [6.45, 7) is 10.9. The number of halogens is 2. The molecule has 3 fully saturated rings. The van der Waals surface area contributed by atoms with E-state index >= 15 is 4.39 Å². The van der Waals surface area contributed by atoms with Crippen LogP contribution in [-0.2, 0) is 4.79 Å². The number of likely N-dealkylation sites (N-methyl/N-ethyl adjacent to an activating group) is 2. The summed E-state index contributed by atoms with van der Waals surface area (Å²) in [6.07, 6.45) is 15.2. The molecular formula is C40H44F2N6O3. The summed E-state index contributed by atoms with van der Waals surface area (Å²) >= 11 is 0. The maximum absolute atomic E-state index is 17.1. The van der Waals surface area contributed by atoms with E-state index in [1.165, 1.54) is 36.5 Å². The Bertz CT molecular complexity index is 2100. The Labute approximate surface area is 297 Å². The molecule has 2 aromatic carbocycles. The van der Waals surface area contributed by atoms with E-state index in [0.29, 0.717) is 29.7 Å². The van der Waals surface area contributed by atoms with Crippen LogP contribution in [0.1, 0.15) is 64.4 Å². The smallest absolute Gasteiger partial charge is 0.319 e. The van der Waals surface area contributed by atoms with Crippen LogP contribution in [0.25, 0.3) is 32.9 Å². The predicted octanol–water partition coefficient (Wildman–Crippen LogP) is 6.85. The molecular weight excluding hydrogens is 650 g/mol. The van der Waals surface area contributed by atoms with Gasteiger partial charge in [0.25, 0.3) is 0 Å². The molecule has 7 rings (SSSR count). The molecule has 3 aliphatic rings. The first-order chi connectivity index (χ1) is 24.3. The molecule has 1 amide bonds. The number of amides is 1. The van der Waals surface area contributed by atoms with E-state index in [4.69, 9.17) is 16.1 Å². The highest BCUT2D eigenvalue weighted by molar-refractivity contribution is 6.03. The Hall–Kier alpha value is -4.82. The van der Waals surface area contributed by atoms with Crippen LogP contribution in [0.3, 0.4) is 0 Å². The van der Waals surface area contributed by atoms with Gasteiger partial charge < -0.3 is 19.6 Å². The van der Waals surface area contributed by atoms with Gasteiger partial charge in [-0.2, -0.15) is 9.97 Å². The van der Waals surface area contributed by atoms with Gasteiger partial charge in [0.05, 0.1) is 22.0 Å². The first-order valence-corrected chi connectivity index (χ1v) is 17.6. The second-order valence-corrected chi connectivity index (χ2v) is 15.4. The molecule has 1 saturated carbocycles. The molecule has 0 spiro atoms. The van der Waals surface area contributed by atoms with Crippen LogP contribution >= 0.6 is 0 Å². The van der Waals surface area contributed by atoms with Crippen molar-refractivity contribution in [2.24, 2.45) is 5.41 Å². The average Bonchev–Trinajstić information content (AvgIpc) is 3.78. The van der Waals surface area contributed by atoms with Crippen LogP contribution < -0.4 is 9.64 Å². The quantitative estimate of drug-likeness (QED) is 0.150. The first-order valence-electron chi connectivity index (χ1n) is 17.6. The Morgan fingerprint density at radius 3 is 2.55 bits per heavy atom. The van der Waals surface area contributed by atoms with Crippen LogP contribution in [-0.4, -0.2) is 87.2 Å². The number of ether oxygens (including phenoxy) is 1. The molecule has 2 saturated heterocycles. The number of phenolic OH excluding ortho intramolecular Hbond substituents is 1. The molecule has 4 aromatic rings. The van der Waals surface area contributed by atoms with Gasteiger partial charge in [-0.1, -0.05) is 32.4 Å². The number of anilines is 1. The highest BCUT2D eigenvalue weighted by Gasteiger charge is 2.48. The van der Waals surface area contributed by atoms with Crippen LogP contribution in [0.15, 0.2) is 43.1 Å². The van der Waals surface area contributed by atoms with Gasteiger partial charge in [-0.05, 0) is 93.1 Å². The highest BCUT2D eigenvalue weighted by atomic mass is 19.1. The lowest BCUT2D eigenvalue weighted by atomic mass is 9.86. The number of aromatic hydroxyl groups is 1. The molecule has 0 bridgehead atoms. The fourth-order valence-electron chi connectivity index (χ4n) is 9.03. The fraction of sp³-hybridized carbons (Fsp3) is 0.450. The molecule has 2 aromatic heterocycles. The average molecular weight is 695 g/mol. The van der Waals surface area contributed by atoms with E-state index in [9.17, 15) is 14.3 Å². The lowest BCUT2D eigenvalue weighted by Crippen LogP contribution is -2.54. The van der Waals surface area contributed by atoms with Gasteiger partial charge in [-0.15, -0.1) is 6.42 Å². The Morgan fingerprint density at radius 2 is 1.88 bits per heavy atom. The molecule has 1 aliphatic carbocycles. The van der Waals surface area contributed by atoms with Gasteiger partial charge in [0, 0.05) is 37.8 Å². The second-order valence-electron chi connectivity index (χ2n) is 15.4. The minimum atomic E-state index is -0.786. The second kappa shape index (κ2) is 12.7. The molecule has 266 valence electrons. The number of hydrogen-bond donors (Lipinski definition) is 1. The highest BCUT2D eigenvalue weighted by Crippen LogP contribution is 2.48. The van der Waals surface area contributed by atoms with Crippen molar-refractivity contribution < 1.29 is 23.4 Å². The van der Waals surface area contributed by atoms with Crippen molar-refractivity contribution in [3.63, 3.8) is 0 Å². The maximum atomic E-state index is 17.1. The van der Waals surface area contributed by atoms with Crippen LogP contribution in [0.4, 0.5) is 14.6 Å². The number of hydrogen-bond acceptors (Lipinski definition) is 8. The molecule has 51 heavy (non-hydrogen) atoms. The van der Waals surface area contributed by atoms with Gasteiger partial charge >= 0.3 is 6.01 Å². The van der Waals surface area contributed by atoms with Gasteiger partial charge in [0.1, 0.15) is 35.2 Å². The topological polar surface area (TPSA) is 94.9 Å². The third-order valence-electron chi connectivity index (χ3n) is 11.6. The van der Waals surface area contributed by atoms with Gasteiger partial charge in [0.15, 0.2) is 5.82 Å². The largest absolute Gasteiger partial charge is 0.508 e. The molecule has 1 atom stereocenters. The van der Waals surface area contributed by atoms with Crippen LogP contribution in [0.5, 0.6) is 11.8 Å². The van der Waals surface area contributed by atoms with Crippen LogP contribution in [0, 0.1) is 29.4 Å². The third-order valence-corrected chi connectivity index (χ3v) is 11.6. The molecule has 9 nitrogen and oxygen atoms in total. The minimum absolute atomic E-state index is 0.00436. The molecule has 11 heteroatoms. The number of rotatable bonds is 9. The van der Waals surface area contributed by atoms with E-state index in [0.717, 1.165) is 58.0 Å². The van der Waals surface area contributed by atoms with E-state index < -0.39 is 17.2 Å². The number of carbonyl (C=O) groups is 1. The third kappa shape index (κ3) is 5.93. The lowest BCUT2D eigenvalue weighted by Gasteiger charge is -2.42. The van der Waals surface area contributed by atoms with E-state index in [1.54, 1.807) is 11.9 Å². The number of aromatic nitrogens is 3. The molecule has 0 radical (unpaired) electrons. The van der Waals surface area contributed by atoms with Crippen LogP contribution in [0.2, 0.25) is 0 Å². The first kappa shape index (κ1) is 34.6. The number of terminal acetylenes is 1. The lowest BCUT2D eigenvalue weighted by molar-refractivity contribution is -0.130. The Morgan fingerprint density at radius 1 is 1.14 bits per heavy atom. The van der Waals surface area contributed by atoms with Crippen molar-refractivity contribution in [1.82, 2.24) is 24.8 Å². The molecule has 2 aliphatic heterocycles. The minimum Gasteiger partial charge on any atom is -0.508 e. The number of pyridine rings is 1. The summed E-state index contributed by atoms with van der Waals surface area (Å²) in [6, 6.07) is 5.51. The summed E-state index contributed by atoms with van der Waals surface area (Å²) in [4.78, 5) is 33.3. The zero-order valence-electron chi connectivity index (χ0n) is 29.7. The van der Waals surface area contributed by atoms with Crippen molar-refractivity contribution in [3.05, 3.63) is 60.3 Å². The van der Waals surface area contributed by atoms with Crippen molar-refractivity contribution >= 4 is 33.4 Å². The fourth-order valence-corrected chi connectivity index (χ4v) is 9.03. The van der Waals surface area contributed by atoms with Crippen molar-refractivity contribution in [1.29, 1.82) is 0 Å². The zero-order chi connectivity index (χ0) is 36.3. The molecule has 1 unspecified atom stereocenters. The molecule has 4 heterocycles. The standard InChI is InChI=1S/C40H44F2N6O3/c1-7-27-30(41)12-11-25-19-26(49)20-28(32(25)27)34-33(42)35-29(21-43-34)36(45-37(44-35)51-24-39-13-9-17-48(39)18-10-14-39)46(5)23-40(47(6)31(50)8-2)16-15-38(3,4)22-40/h1,8,11-12,19-21,49H,2,9-10,13-18,22-24H2,3-6H3. The monoisotopic (exact) mass is 694 g/mol. The van der Waals surface area contributed by atoms with Gasteiger partial charge in [-0.3, -0.25) is 14.7 Å². The van der Waals surface area contributed by atoms with Crippen molar-refractivity contribution in [3.8, 4) is 35.4 Å². The summed E-state index contributed by atoms with van der Waals surface area (Å²) in [5, 5.41) is 11.7. The normalized spacial score (nSPS) is 20.7. The van der Waals surface area contributed by atoms with Crippen molar-refractivity contribution in [2.45, 2.75) is 69.9 Å². The van der Waals surface area contributed by atoms with Crippen molar-refractivity contribution in [2.75, 3.05) is 45.2 Å². The number of nitrogens with zero attached hydrogens (tertiary/aromatic N) is 6. The summed E-state index contributed by atoms with van der Waals surface area (Å²) in [5.74, 6) is 1.03. The zero-order valence-corrected chi connectivity index (χ0v) is 29.7. The molecule has 1 N–H and O–H groups in total.